The van der Waals surface area contributed by atoms with Crippen molar-refractivity contribution in [2.24, 2.45) is 0 Å². The molecule has 164 valence electrons. The fourth-order valence-corrected chi connectivity index (χ4v) is 4.44. The van der Waals surface area contributed by atoms with E-state index in [0.29, 0.717) is 28.7 Å². The lowest BCUT2D eigenvalue weighted by Crippen LogP contribution is -2.15. The summed E-state index contributed by atoms with van der Waals surface area (Å²) in [6.45, 7) is 5.81. The zero-order valence-corrected chi connectivity index (χ0v) is 19.5. The summed E-state index contributed by atoms with van der Waals surface area (Å²) in [4.78, 5) is 22.7. The highest BCUT2D eigenvalue weighted by Gasteiger charge is 2.16. The van der Waals surface area contributed by atoms with Crippen LogP contribution in [0.5, 0.6) is 5.75 Å². The lowest BCUT2D eigenvalue weighted by Gasteiger charge is -2.10. The molecule has 0 fully saturated rings. The number of aromatic nitrogens is 2. The van der Waals surface area contributed by atoms with E-state index in [-0.39, 0.29) is 22.4 Å². The molecule has 11 heteroatoms. The van der Waals surface area contributed by atoms with Crippen LogP contribution in [0.1, 0.15) is 28.4 Å². The van der Waals surface area contributed by atoms with Gasteiger partial charge in [-0.2, -0.15) is 0 Å². The number of ether oxygens (including phenoxy) is 1. The van der Waals surface area contributed by atoms with Gasteiger partial charge in [0.15, 0.2) is 11.6 Å². The molecule has 2 aromatic heterocycles. The van der Waals surface area contributed by atoms with E-state index in [1.165, 1.54) is 30.4 Å². The fraction of sp³-hybridized carbons (Fsp3) is 0.250. The molecule has 0 spiro atoms. The molecule has 1 aromatic carbocycles. The van der Waals surface area contributed by atoms with E-state index in [1.807, 2.05) is 13.8 Å². The number of amides is 1. The third-order valence-electron chi connectivity index (χ3n) is 4.13. The van der Waals surface area contributed by atoms with Crippen LogP contribution in [0, 0.1) is 6.92 Å². The second kappa shape index (κ2) is 9.63. The van der Waals surface area contributed by atoms with Crippen LogP contribution in [0.15, 0.2) is 36.7 Å². The maximum atomic E-state index is 12.8. The predicted octanol–water partition coefficient (Wildman–Crippen LogP) is 4.58. The number of thiophene rings is 1. The Balaban J connectivity index is 1.80. The maximum absolute atomic E-state index is 12.8. The lowest BCUT2D eigenvalue weighted by molar-refractivity contribution is 0.103. The first-order valence-corrected chi connectivity index (χ1v) is 12.2. The largest absolute Gasteiger partial charge is 0.491 e. The second-order valence-corrected chi connectivity index (χ2v) is 10.1. The molecule has 3 aromatic rings. The summed E-state index contributed by atoms with van der Waals surface area (Å²) < 4.78 is 31.4. The number of anilines is 2. The zero-order chi connectivity index (χ0) is 22.6. The van der Waals surface area contributed by atoms with Crippen molar-refractivity contribution in [2.75, 3.05) is 22.4 Å². The first-order valence-electron chi connectivity index (χ1n) is 9.38. The van der Waals surface area contributed by atoms with Crippen LogP contribution in [0.2, 0.25) is 5.02 Å². The molecule has 0 saturated heterocycles. The summed E-state index contributed by atoms with van der Waals surface area (Å²) in [5.74, 6) is 0.645. The molecule has 2 N–H and O–H groups in total. The number of nitrogens with one attached hydrogen (secondary N) is 2. The average Bonchev–Trinajstić information content (AvgIpc) is 3.10. The molecule has 0 saturated carbocycles. The van der Waals surface area contributed by atoms with Gasteiger partial charge in [0.25, 0.3) is 5.91 Å². The highest BCUT2D eigenvalue weighted by atomic mass is 35.5. The first kappa shape index (κ1) is 23.0. The Labute approximate surface area is 189 Å². The number of sulfonamides is 1. The smallest absolute Gasteiger partial charge is 0.265 e. The topological polar surface area (TPSA) is 110 Å². The molecule has 2 heterocycles. The molecule has 0 atom stereocenters. The first-order chi connectivity index (χ1) is 14.7. The Bertz CT molecular complexity index is 1190. The van der Waals surface area contributed by atoms with Crippen molar-refractivity contribution in [1.82, 2.24) is 9.97 Å². The molecule has 1 amide bonds. The van der Waals surface area contributed by atoms with E-state index in [2.05, 4.69) is 20.0 Å². The van der Waals surface area contributed by atoms with Crippen molar-refractivity contribution >= 4 is 50.2 Å². The molecule has 0 aliphatic rings. The lowest BCUT2D eigenvalue weighted by atomic mass is 10.2. The van der Waals surface area contributed by atoms with Gasteiger partial charge in [-0.1, -0.05) is 11.6 Å². The normalized spacial score (nSPS) is 11.2. The Hall–Kier alpha value is -2.69. The zero-order valence-electron chi connectivity index (χ0n) is 17.1. The standard InChI is InChI=1S/C20H21ClN4O4S2/c1-4-29-16-10-22-19(23-11-16)17-9-18(30-12(17)3)20(26)24-14-6-13(21)7-15(8-14)25-31(27,28)5-2/h6-11,25H,4-5H2,1-3H3,(H,24,26). The maximum Gasteiger partial charge on any atom is 0.265 e. The molecule has 0 unspecified atom stereocenters. The van der Waals surface area contributed by atoms with E-state index < -0.39 is 10.0 Å². The molecule has 0 aliphatic carbocycles. The number of benzene rings is 1. The monoisotopic (exact) mass is 480 g/mol. The summed E-state index contributed by atoms with van der Waals surface area (Å²) in [6.07, 6.45) is 3.18. The molecule has 3 rings (SSSR count). The van der Waals surface area contributed by atoms with Crippen LogP contribution in [-0.4, -0.2) is 36.7 Å². The van der Waals surface area contributed by atoms with E-state index in [9.17, 15) is 13.2 Å². The van der Waals surface area contributed by atoms with Gasteiger partial charge in [-0.3, -0.25) is 9.52 Å². The van der Waals surface area contributed by atoms with E-state index >= 15 is 0 Å². The number of carbonyl (C=O) groups excluding carboxylic acids is 1. The molecule has 0 bridgehead atoms. The third-order valence-corrected chi connectivity index (χ3v) is 6.70. The van der Waals surface area contributed by atoms with Crippen molar-refractivity contribution < 1.29 is 17.9 Å². The average molecular weight is 481 g/mol. The van der Waals surface area contributed by atoms with Crippen LogP contribution in [0.3, 0.4) is 0 Å². The van der Waals surface area contributed by atoms with Crippen molar-refractivity contribution in [1.29, 1.82) is 0 Å². The minimum Gasteiger partial charge on any atom is -0.491 e. The summed E-state index contributed by atoms with van der Waals surface area (Å²) in [5.41, 5.74) is 1.40. The van der Waals surface area contributed by atoms with E-state index in [0.717, 1.165) is 10.4 Å². The van der Waals surface area contributed by atoms with Gasteiger partial charge in [-0.25, -0.2) is 18.4 Å². The van der Waals surface area contributed by atoms with Gasteiger partial charge in [0, 0.05) is 21.2 Å². The van der Waals surface area contributed by atoms with Gasteiger partial charge in [-0.05, 0) is 45.0 Å². The van der Waals surface area contributed by atoms with E-state index in [1.54, 1.807) is 24.5 Å². The molecular formula is C20H21ClN4O4S2. The summed E-state index contributed by atoms with van der Waals surface area (Å²) >= 11 is 7.39. The number of rotatable bonds is 8. The van der Waals surface area contributed by atoms with E-state index in [4.69, 9.17) is 16.3 Å². The third kappa shape index (κ3) is 5.93. The van der Waals surface area contributed by atoms with Crippen molar-refractivity contribution in [3.63, 3.8) is 0 Å². The Morgan fingerprint density at radius 1 is 1.13 bits per heavy atom. The van der Waals surface area contributed by atoms with Crippen LogP contribution in [-0.2, 0) is 10.0 Å². The molecular weight excluding hydrogens is 460 g/mol. The Kier molecular flexibility index (Phi) is 7.14. The van der Waals surface area contributed by atoms with Gasteiger partial charge in [0.2, 0.25) is 10.0 Å². The van der Waals surface area contributed by atoms with Gasteiger partial charge < -0.3 is 10.1 Å². The fourth-order valence-electron chi connectivity index (χ4n) is 2.68. The molecule has 8 nitrogen and oxygen atoms in total. The predicted molar refractivity (Wildman–Crippen MR) is 124 cm³/mol. The number of aryl methyl sites for hydroxylation is 1. The minimum absolute atomic E-state index is 0.0773. The number of nitrogens with zero attached hydrogens (tertiary/aromatic N) is 2. The second-order valence-electron chi connectivity index (χ2n) is 6.44. The van der Waals surface area contributed by atoms with Gasteiger partial charge in [0.05, 0.1) is 35.3 Å². The van der Waals surface area contributed by atoms with Crippen molar-refractivity contribution in [3.8, 4) is 17.1 Å². The molecule has 0 aliphatic heterocycles. The van der Waals surface area contributed by atoms with Gasteiger partial charge >= 0.3 is 0 Å². The van der Waals surface area contributed by atoms with Crippen LogP contribution in [0.25, 0.3) is 11.4 Å². The van der Waals surface area contributed by atoms with Crippen molar-refractivity contribution in [3.05, 3.63) is 51.4 Å². The number of carbonyl (C=O) groups is 1. The van der Waals surface area contributed by atoms with Crippen LogP contribution >= 0.6 is 22.9 Å². The van der Waals surface area contributed by atoms with Crippen LogP contribution < -0.4 is 14.8 Å². The Morgan fingerprint density at radius 2 is 1.81 bits per heavy atom. The molecule has 0 radical (unpaired) electrons. The van der Waals surface area contributed by atoms with Crippen LogP contribution in [0.4, 0.5) is 11.4 Å². The number of halogens is 1. The van der Waals surface area contributed by atoms with Gasteiger partial charge in [0.1, 0.15) is 0 Å². The SMILES string of the molecule is CCOc1cnc(-c2cc(C(=O)Nc3cc(Cl)cc(NS(=O)(=O)CC)c3)sc2C)nc1. The Morgan fingerprint density at radius 3 is 2.45 bits per heavy atom. The van der Waals surface area contributed by atoms with Gasteiger partial charge in [-0.15, -0.1) is 11.3 Å². The highest BCUT2D eigenvalue weighted by Crippen LogP contribution is 2.30. The highest BCUT2D eigenvalue weighted by molar-refractivity contribution is 7.92. The summed E-state index contributed by atoms with van der Waals surface area (Å²) in [5, 5.41) is 3.04. The quantitative estimate of drug-likeness (QED) is 0.488. The minimum atomic E-state index is -3.47. The number of hydrogen-bond donors (Lipinski definition) is 2. The summed E-state index contributed by atoms with van der Waals surface area (Å²) in [7, 11) is -3.47. The van der Waals surface area contributed by atoms with Crippen molar-refractivity contribution in [2.45, 2.75) is 20.8 Å². The summed E-state index contributed by atoms with van der Waals surface area (Å²) in [6, 6.07) is 6.24. The number of hydrogen-bond acceptors (Lipinski definition) is 7. The molecule has 31 heavy (non-hydrogen) atoms.